The first kappa shape index (κ1) is 27.4. The number of halogens is 4. The normalized spacial score (nSPS) is 26.8. The number of likely N-dealkylation sites (tertiary alicyclic amines) is 1. The van der Waals surface area contributed by atoms with Crippen molar-refractivity contribution < 1.29 is 22.4 Å². The van der Waals surface area contributed by atoms with Crippen molar-refractivity contribution in [2.45, 2.75) is 75.5 Å². The summed E-state index contributed by atoms with van der Waals surface area (Å²) in [5.74, 6) is -0.980. The van der Waals surface area contributed by atoms with Crippen LogP contribution < -0.4 is 5.32 Å². The molecule has 2 amide bonds. The average molecular weight is 543 g/mol. The summed E-state index contributed by atoms with van der Waals surface area (Å²) >= 11 is 0. The number of nitriles is 1. The summed E-state index contributed by atoms with van der Waals surface area (Å²) in [4.78, 5) is 17.7. The van der Waals surface area contributed by atoms with Gasteiger partial charge < -0.3 is 10.2 Å². The quantitative estimate of drug-likeness (QED) is 0.403. The minimum Gasteiger partial charge on any atom is -0.320 e. The summed E-state index contributed by atoms with van der Waals surface area (Å²) < 4.78 is 53.6. The van der Waals surface area contributed by atoms with Crippen molar-refractivity contribution in [2.75, 3.05) is 25.0 Å². The molecule has 2 unspecified atom stereocenters. The Morgan fingerprint density at radius 2 is 2.03 bits per heavy atom. The maximum absolute atomic E-state index is 13.8. The van der Waals surface area contributed by atoms with Crippen LogP contribution in [0.15, 0.2) is 42.5 Å². The number of fused-ring (bicyclic) bond motifs is 1. The topological polar surface area (TPSA) is 59.4 Å². The molecule has 0 bridgehead atoms. The fourth-order valence-corrected chi connectivity index (χ4v) is 6.74. The van der Waals surface area contributed by atoms with Gasteiger partial charge in [-0.1, -0.05) is 18.6 Å². The number of anilines is 1. The molecule has 208 valence electrons. The molecule has 3 fully saturated rings. The number of amides is 2. The standard InChI is InChI=1S/C30H34F4N4O/c1-20-5-2-3-12-37(20)13-14-38(28(39)36-24-8-9-27(31)26(17-24)30(32,33)34)25-10-11-29(18-23(29)16-25)22-7-4-6-21(15-22)19-35/h4,6-9,15,17,20,23,25H,2-3,5,10-14,16,18H2,1H3,(H,36,39)/t20?,23?,25-,29+/m0/s1. The molecule has 1 saturated heterocycles. The number of alkyl halides is 3. The highest BCUT2D eigenvalue weighted by atomic mass is 19.4. The van der Waals surface area contributed by atoms with Crippen LogP contribution in [-0.2, 0) is 11.6 Å². The fraction of sp³-hybridized carbons (Fsp3) is 0.533. The van der Waals surface area contributed by atoms with Crippen LogP contribution in [-0.4, -0.2) is 47.5 Å². The Morgan fingerprint density at radius 1 is 1.21 bits per heavy atom. The predicted molar refractivity (Wildman–Crippen MR) is 141 cm³/mol. The summed E-state index contributed by atoms with van der Waals surface area (Å²) in [5, 5.41) is 12.0. The van der Waals surface area contributed by atoms with E-state index in [1.54, 1.807) is 11.0 Å². The van der Waals surface area contributed by atoms with E-state index in [1.165, 1.54) is 18.1 Å². The highest BCUT2D eigenvalue weighted by Crippen LogP contribution is 2.62. The van der Waals surface area contributed by atoms with Crippen molar-refractivity contribution in [3.63, 3.8) is 0 Å². The highest BCUT2D eigenvalue weighted by Gasteiger charge is 2.58. The van der Waals surface area contributed by atoms with Gasteiger partial charge in [0, 0.05) is 30.9 Å². The molecular weight excluding hydrogens is 508 g/mol. The molecule has 2 aromatic carbocycles. The van der Waals surface area contributed by atoms with E-state index in [-0.39, 0.29) is 17.1 Å². The van der Waals surface area contributed by atoms with Crippen LogP contribution in [0.3, 0.4) is 0 Å². The van der Waals surface area contributed by atoms with Gasteiger partial charge in [-0.15, -0.1) is 0 Å². The first-order valence-corrected chi connectivity index (χ1v) is 13.8. The summed E-state index contributed by atoms with van der Waals surface area (Å²) in [6.45, 7) is 4.32. The lowest BCUT2D eigenvalue weighted by atomic mass is 9.80. The van der Waals surface area contributed by atoms with Gasteiger partial charge in [-0.3, -0.25) is 4.90 Å². The molecule has 4 atom stereocenters. The number of piperidine rings is 1. The van der Waals surface area contributed by atoms with E-state index in [9.17, 15) is 27.6 Å². The lowest BCUT2D eigenvalue weighted by Gasteiger charge is -2.39. The van der Waals surface area contributed by atoms with Crippen LogP contribution >= 0.6 is 0 Å². The van der Waals surface area contributed by atoms with E-state index in [0.717, 1.165) is 51.1 Å². The molecule has 9 heteroatoms. The Morgan fingerprint density at radius 3 is 2.74 bits per heavy atom. The number of benzene rings is 2. The second kappa shape index (κ2) is 10.8. The van der Waals surface area contributed by atoms with Gasteiger partial charge in [0.2, 0.25) is 0 Å². The molecule has 2 aromatic rings. The molecule has 2 saturated carbocycles. The number of carbonyl (C=O) groups excluding carboxylic acids is 1. The van der Waals surface area contributed by atoms with E-state index in [1.807, 2.05) is 12.1 Å². The van der Waals surface area contributed by atoms with Crippen molar-refractivity contribution in [3.8, 4) is 6.07 Å². The first-order chi connectivity index (χ1) is 18.6. The monoisotopic (exact) mass is 542 g/mol. The highest BCUT2D eigenvalue weighted by molar-refractivity contribution is 5.89. The van der Waals surface area contributed by atoms with Crippen molar-refractivity contribution in [2.24, 2.45) is 5.92 Å². The van der Waals surface area contributed by atoms with Crippen molar-refractivity contribution >= 4 is 11.7 Å². The van der Waals surface area contributed by atoms with Crippen molar-refractivity contribution in [1.82, 2.24) is 9.80 Å². The van der Waals surface area contributed by atoms with E-state index >= 15 is 0 Å². The molecule has 1 N–H and O–H groups in total. The van der Waals surface area contributed by atoms with Crippen molar-refractivity contribution in [3.05, 3.63) is 65.0 Å². The summed E-state index contributed by atoms with van der Waals surface area (Å²) in [6.07, 6.45) is 2.02. The molecule has 0 radical (unpaired) electrons. The SMILES string of the molecule is CC1CCCCN1CCN(C(=O)Nc1ccc(F)c(C(F)(F)F)c1)[C@H]1CC[C@]2(c3cccc(C#N)c3)CC2C1. The van der Waals surface area contributed by atoms with Crippen LogP contribution in [0.1, 0.15) is 68.6 Å². The van der Waals surface area contributed by atoms with Gasteiger partial charge in [0.25, 0.3) is 0 Å². The molecule has 2 aliphatic carbocycles. The lowest BCUT2D eigenvalue weighted by Crippen LogP contribution is -2.50. The fourth-order valence-electron chi connectivity index (χ4n) is 6.74. The molecule has 5 nitrogen and oxygen atoms in total. The second-order valence-electron chi connectivity index (χ2n) is 11.4. The maximum Gasteiger partial charge on any atom is 0.419 e. The molecule has 0 aromatic heterocycles. The van der Waals surface area contributed by atoms with Gasteiger partial charge in [-0.2, -0.15) is 18.4 Å². The van der Waals surface area contributed by atoms with Gasteiger partial charge in [-0.25, -0.2) is 9.18 Å². The third kappa shape index (κ3) is 5.76. The molecule has 39 heavy (non-hydrogen) atoms. The van der Waals surface area contributed by atoms with Gasteiger partial charge in [-0.05, 0) is 99.2 Å². The molecule has 0 spiro atoms. The molecule has 1 aliphatic heterocycles. The zero-order chi connectivity index (χ0) is 27.8. The second-order valence-corrected chi connectivity index (χ2v) is 11.4. The number of hydrogen-bond donors (Lipinski definition) is 1. The lowest BCUT2D eigenvalue weighted by molar-refractivity contribution is -0.139. The summed E-state index contributed by atoms with van der Waals surface area (Å²) in [7, 11) is 0. The van der Waals surface area contributed by atoms with Crippen LogP contribution in [0.5, 0.6) is 0 Å². The average Bonchev–Trinajstić information content (AvgIpc) is 3.65. The summed E-state index contributed by atoms with van der Waals surface area (Å²) in [5.41, 5.74) is 0.382. The zero-order valence-corrected chi connectivity index (χ0v) is 22.1. The van der Waals surface area contributed by atoms with Gasteiger partial charge in [0.15, 0.2) is 0 Å². The first-order valence-electron chi connectivity index (χ1n) is 13.8. The van der Waals surface area contributed by atoms with Crippen LogP contribution in [0.25, 0.3) is 0 Å². The van der Waals surface area contributed by atoms with Gasteiger partial charge >= 0.3 is 12.2 Å². The third-order valence-corrected chi connectivity index (χ3v) is 9.07. The number of hydrogen-bond acceptors (Lipinski definition) is 3. The van der Waals surface area contributed by atoms with E-state index in [2.05, 4.69) is 29.3 Å². The number of rotatable bonds is 6. The molecule has 3 aliphatic rings. The number of carbonyl (C=O) groups is 1. The maximum atomic E-state index is 13.8. The molecule has 5 rings (SSSR count). The van der Waals surface area contributed by atoms with Crippen LogP contribution in [0.2, 0.25) is 0 Å². The Kier molecular flexibility index (Phi) is 7.60. The molecule has 1 heterocycles. The summed E-state index contributed by atoms with van der Waals surface area (Å²) in [6, 6.07) is 12.5. The largest absolute Gasteiger partial charge is 0.419 e. The Balaban J connectivity index is 1.33. The third-order valence-electron chi connectivity index (χ3n) is 9.07. The van der Waals surface area contributed by atoms with E-state index < -0.39 is 23.6 Å². The number of urea groups is 1. The van der Waals surface area contributed by atoms with Gasteiger partial charge in [0.1, 0.15) is 5.82 Å². The molecular formula is C30H34F4N4O. The van der Waals surface area contributed by atoms with Crippen molar-refractivity contribution in [1.29, 1.82) is 5.26 Å². The van der Waals surface area contributed by atoms with Gasteiger partial charge in [0.05, 0.1) is 17.2 Å². The Labute approximate surface area is 226 Å². The smallest absolute Gasteiger partial charge is 0.320 e. The number of nitrogens with one attached hydrogen (secondary N) is 1. The number of nitrogens with zero attached hydrogens (tertiary/aromatic N) is 3. The van der Waals surface area contributed by atoms with E-state index in [0.29, 0.717) is 36.7 Å². The van der Waals surface area contributed by atoms with Crippen LogP contribution in [0.4, 0.5) is 28.0 Å². The predicted octanol–water partition coefficient (Wildman–Crippen LogP) is 6.93. The Bertz CT molecular complexity index is 1260. The van der Waals surface area contributed by atoms with E-state index in [4.69, 9.17) is 0 Å². The minimum atomic E-state index is -4.85. The minimum absolute atomic E-state index is 0.0332. The Hall–Kier alpha value is -3.12. The van der Waals surface area contributed by atoms with Crippen LogP contribution in [0, 0.1) is 23.1 Å². The zero-order valence-electron chi connectivity index (χ0n) is 22.1.